The number of aryl methyl sites for hydroxylation is 2. The van der Waals surface area contributed by atoms with E-state index in [9.17, 15) is 9.90 Å². The van der Waals surface area contributed by atoms with Crippen molar-refractivity contribution in [3.05, 3.63) is 47.3 Å². The van der Waals surface area contributed by atoms with E-state index in [0.717, 1.165) is 50.5 Å². The van der Waals surface area contributed by atoms with Gasteiger partial charge in [0.2, 0.25) is 0 Å². The number of nitrogens with one attached hydrogen (secondary N) is 1. The number of esters is 1. The van der Waals surface area contributed by atoms with Gasteiger partial charge in [0, 0.05) is 38.4 Å². The number of nitrogens with zero attached hydrogens (tertiary/aromatic N) is 3. The molecule has 0 unspecified atom stereocenters. The van der Waals surface area contributed by atoms with Gasteiger partial charge in [0.25, 0.3) is 0 Å². The molecule has 1 fully saturated rings. The molecule has 1 saturated heterocycles. The van der Waals surface area contributed by atoms with Crippen molar-refractivity contribution < 1.29 is 19.4 Å². The van der Waals surface area contributed by atoms with Crippen molar-refractivity contribution in [2.24, 2.45) is 13.0 Å². The van der Waals surface area contributed by atoms with Crippen LogP contribution in [0.3, 0.4) is 0 Å². The lowest BCUT2D eigenvalue weighted by Crippen LogP contribution is -2.42. The molecule has 170 valence electrons. The Kier molecular flexibility index (Phi) is 8.45. The first-order valence-corrected chi connectivity index (χ1v) is 10.8. The van der Waals surface area contributed by atoms with Gasteiger partial charge < -0.3 is 24.8 Å². The number of β-amino-alcohol motifs (C(OH)–C–C–N with tert-alkyl or cyclic N) is 1. The summed E-state index contributed by atoms with van der Waals surface area (Å²) in [5.74, 6) is 0.598. The first-order chi connectivity index (χ1) is 14.9. The number of methoxy groups -OCH3 is 1. The molecule has 2 aromatic rings. The summed E-state index contributed by atoms with van der Waals surface area (Å²) < 4.78 is 12.4. The minimum atomic E-state index is -0.571. The lowest BCUT2D eigenvalue weighted by molar-refractivity contribution is -0.147. The fourth-order valence-corrected chi connectivity index (χ4v) is 3.93. The third-order valence-electron chi connectivity index (χ3n) is 5.72. The van der Waals surface area contributed by atoms with Crippen LogP contribution in [0.4, 0.5) is 0 Å². The summed E-state index contributed by atoms with van der Waals surface area (Å²) in [6.45, 7) is 5.92. The number of aromatic nitrogens is 2. The molecule has 0 radical (unpaired) electrons. The van der Waals surface area contributed by atoms with E-state index >= 15 is 0 Å². The van der Waals surface area contributed by atoms with E-state index in [4.69, 9.17) is 9.47 Å². The molecular formula is C23H34N4O4. The van der Waals surface area contributed by atoms with Crippen molar-refractivity contribution in [3.8, 4) is 5.75 Å². The van der Waals surface area contributed by atoms with Crippen molar-refractivity contribution in [2.45, 2.75) is 39.0 Å². The molecule has 1 aromatic carbocycles. The van der Waals surface area contributed by atoms with Crippen LogP contribution in [0.25, 0.3) is 0 Å². The van der Waals surface area contributed by atoms with E-state index < -0.39 is 6.10 Å². The largest absolute Gasteiger partial charge is 0.491 e. The highest BCUT2D eigenvalue weighted by molar-refractivity contribution is 5.72. The molecule has 2 N–H and O–H groups in total. The third kappa shape index (κ3) is 7.05. The summed E-state index contributed by atoms with van der Waals surface area (Å²) >= 11 is 0. The normalized spacial score (nSPS) is 16.3. The SMILES string of the molecule is COC(=O)C1CCN(C[C@H](O)COc2ccc(CNCc3cn(C)nc3C)cc2)CC1. The topological polar surface area (TPSA) is 88.9 Å². The van der Waals surface area contributed by atoms with Gasteiger partial charge >= 0.3 is 5.97 Å². The molecule has 3 rings (SSSR count). The van der Waals surface area contributed by atoms with Gasteiger partial charge in [-0.05, 0) is 50.6 Å². The molecule has 0 spiro atoms. The molecule has 8 heteroatoms. The van der Waals surface area contributed by atoms with Gasteiger partial charge in [-0.15, -0.1) is 0 Å². The Balaban J connectivity index is 1.34. The Morgan fingerprint density at radius 2 is 1.97 bits per heavy atom. The second-order valence-corrected chi connectivity index (χ2v) is 8.22. The number of hydrogen-bond acceptors (Lipinski definition) is 7. The predicted molar refractivity (Wildman–Crippen MR) is 118 cm³/mol. The number of carbonyl (C=O) groups is 1. The number of hydrogen-bond donors (Lipinski definition) is 2. The summed E-state index contributed by atoms with van der Waals surface area (Å²) in [6, 6.07) is 7.92. The minimum Gasteiger partial charge on any atom is -0.491 e. The van der Waals surface area contributed by atoms with Crippen molar-refractivity contribution >= 4 is 5.97 Å². The van der Waals surface area contributed by atoms with Gasteiger partial charge in [-0.3, -0.25) is 9.48 Å². The summed E-state index contributed by atoms with van der Waals surface area (Å²) in [5, 5.41) is 18.1. The average Bonchev–Trinajstić information content (AvgIpc) is 3.10. The zero-order valence-electron chi connectivity index (χ0n) is 18.7. The molecule has 1 aliphatic heterocycles. The molecule has 2 heterocycles. The highest BCUT2D eigenvalue weighted by atomic mass is 16.5. The van der Waals surface area contributed by atoms with Gasteiger partial charge in [0.1, 0.15) is 18.5 Å². The zero-order chi connectivity index (χ0) is 22.2. The monoisotopic (exact) mass is 430 g/mol. The number of likely N-dealkylation sites (tertiary alicyclic amines) is 1. The van der Waals surface area contributed by atoms with Crippen molar-refractivity contribution in [1.29, 1.82) is 0 Å². The Labute approximate surface area is 184 Å². The number of aliphatic hydroxyl groups is 1. The number of aliphatic hydroxyl groups excluding tert-OH is 1. The Bertz CT molecular complexity index is 829. The lowest BCUT2D eigenvalue weighted by Gasteiger charge is -2.31. The third-order valence-corrected chi connectivity index (χ3v) is 5.72. The van der Waals surface area contributed by atoms with Gasteiger partial charge in [0.05, 0.1) is 18.7 Å². The first-order valence-electron chi connectivity index (χ1n) is 10.8. The molecule has 0 amide bonds. The minimum absolute atomic E-state index is 0.0176. The standard InChI is InChI=1S/C23H34N4O4/c1-17-20(14-26(2)25-17)13-24-12-18-4-6-22(7-5-18)31-16-21(28)15-27-10-8-19(9-11-27)23(29)30-3/h4-7,14,19,21,24,28H,8-13,15-16H2,1-3H3/t21-/m0/s1. The summed E-state index contributed by atoms with van der Waals surface area (Å²) in [6.07, 6.45) is 3.01. The van der Waals surface area contributed by atoms with Crippen LogP contribution in [0.2, 0.25) is 0 Å². The molecule has 31 heavy (non-hydrogen) atoms. The molecule has 0 bridgehead atoms. The predicted octanol–water partition coefficient (Wildman–Crippen LogP) is 1.64. The number of carbonyl (C=O) groups excluding carboxylic acids is 1. The van der Waals surface area contributed by atoms with Crippen LogP contribution in [0.15, 0.2) is 30.5 Å². The first kappa shape index (κ1) is 23.2. The van der Waals surface area contributed by atoms with Crippen molar-refractivity contribution in [2.75, 3.05) is 33.4 Å². The van der Waals surface area contributed by atoms with Crippen molar-refractivity contribution in [1.82, 2.24) is 20.0 Å². The fraction of sp³-hybridized carbons (Fsp3) is 0.565. The Hall–Kier alpha value is -2.42. The molecule has 1 aromatic heterocycles. The lowest BCUT2D eigenvalue weighted by atomic mass is 9.97. The van der Waals surface area contributed by atoms with Crippen LogP contribution in [0.5, 0.6) is 5.75 Å². The van der Waals surface area contributed by atoms with E-state index in [1.54, 1.807) is 0 Å². The molecule has 8 nitrogen and oxygen atoms in total. The van der Waals surface area contributed by atoms with E-state index in [0.29, 0.717) is 6.54 Å². The zero-order valence-corrected chi connectivity index (χ0v) is 18.7. The number of ether oxygens (including phenoxy) is 2. The Morgan fingerprint density at radius 3 is 2.58 bits per heavy atom. The maximum atomic E-state index is 11.6. The van der Waals surface area contributed by atoms with Gasteiger partial charge in [0.15, 0.2) is 0 Å². The maximum absolute atomic E-state index is 11.6. The van der Waals surface area contributed by atoms with Gasteiger partial charge in [-0.25, -0.2) is 0 Å². The highest BCUT2D eigenvalue weighted by Crippen LogP contribution is 2.19. The fourth-order valence-electron chi connectivity index (χ4n) is 3.93. The van der Waals surface area contributed by atoms with Crippen molar-refractivity contribution in [3.63, 3.8) is 0 Å². The second kappa shape index (κ2) is 11.3. The van der Waals surface area contributed by atoms with Gasteiger partial charge in [-0.1, -0.05) is 12.1 Å². The number of piperidine rings is 1. The smallest absolute Gasteiger partial charge is 0.308 e. The number of rotatable bonds is 10. The van der Waals surface area contributed by atoms with E-state index in [-0.39, 0.29) is 18.5 Å². The van der Waals surface area contributed by atoms with E-state index in [2.05, 4.69) is 15.3 Å². The van der Waals surface area contributed by atoms with Crippen LogP contribution < -0.4 is 10.1 Å². The van der Waals surface area contributed by atoms with Crippen LogP contribution in [0, 0.1) is 12.8 Å². The highest BCUT2D eigenvalue weighted by Gasteiger charge is 2.26. The maximum Gasteiger partial charge on any atom is 0.308 e. The summed E-state index contributed by atoms with van der Waals surface area (Å²) in [5.41, 5.74) is 3.42. The number of benzene rings is 1. The quantitative estimate of drug-likeness (QED) is 0.554. The molecule has 1 aliphatic rings. The molecule has 1 atom stereocenters. The van der Waals surface area contributed by atoms with Gasteiger partial charge in [-0.2, -0.15) is 5.10 Å². The molecule has 0 saturated carbocycles. The summed E-state index contributed by atoms with van der Waals surface area (Å²) in [7, 11) is 3.36. The Morgan fingerprint density at radius 1 is 1.26 bits per heavy atom. The van der Waals surface area contributed by atoms with Crippen LogP contribution in [0.1, 0.15) is 29.7 Å². The van der Waals surface area contributed by atoms with Crippen LogP contribution in [-0.4, -0.2) is 65.2 Å². The second-order valence-electron chi connectivity index (χ2n) is 8.22. The average molecular weight is 431 g/mol. The summed E-state index contributed by atoms with van der Waals surface area (Å²) in [4.78, 5) is 13.8. The van der Waals surface area contributed by atoms with Crippen LogP contribution in [-0.2, 0) is 29.7 Å². The van der Waals surface area contributed by atoms with Crippen LogP contribution >= 0.6 is 0 Å². The molecular weight excluding hydrogens is 396 g/mol. The molecule has 0 aliphatic carbocycles. The van der Waals surface area contributed by atoms with E-state index in [1.807, 2.05) is 49.1 Å². The van der Waals surface area contributed by atoms with E-state index in [1.165, 1.54) is 18.2 Å².